The van der Waals surface area contributed by atoms with E-state index in [4.69, 9.17) is 0 Å². The Morgan fingerprint density at radius 2 is 1.71 bits per heavy atom. The van der Waals surface area contributed by atoms with Crippen LogP contribution in [0, 0.1) is 0 Å². The number of carbonyl (C=O) groups excluding carboxylic acids is 1. The first-order valence-electron chi connectivity index (χ1n) is 6.35. The lowest BCUT2D eigenvalue weighted by atomic mass is 10.0. The van der Waals surface area contributed by atoms with Gasteiger partial charge in [0.2, 0.25) is 5.91 Å². The Bertz CT molecular complexity index is 224. The molecule has 0 rings (SSSR count). The van der Waals surface area contributed by atoms with Crippen molar-refractivity contribution in [2.75, 3.05) is 19.3 Å². The van der Waals surface area contributed by atoms with Gasteiger partial charge in [-0.1, -0.05) is 13.8 Å². The van der Waals surface area contributed by atoms with E-state index < -0.39 is 0 Å². The highest BCUT2D eigenvalue weighted by Crippen LogP contribution is 2.29. The Labute approximate surface area is 111 Å². The van der Waals surface area contributed by atoms with Crippen molar-refractivity contribution in [1.29, 1.82) is 0 Å². The summed E-state index contributed by atoms with van der Waals surface area (Å²) in [6.45, 7) is 11.7. The average Bonchev–Trinajstić information content (AvgIpc) is 2.22. The Kier molecular flexibility index (Phi) is 7.17. The normalized spacial score (nSPS) is 12.6. The van der Waals surface area contributed by atoms with E-state index in [-0.39, 0.29) is 16.2 Å². The molecular formula is C13H28N2OS. The fourth-order valence-electron chi connectivity index (χ4n) is 1.73. The first-order valence-corrected chi connectivity index (χ1v) is 7.58. The van der Waals surface area contributed by atoms with Crippen molar-refractivity contribution >= 4 is 17.7 Å². The molecule has 0 radical (unpaired) electrons. The van der Waals surface area contributed by atoms with Crippen molar-refractivity contribution in [3.8, 4) is 0 Å². The summed E-state index contributed by atoms with van der Waals surface area (Å²) in [6, 6.07) is 0. The van der Waals surface area contributed by atoms with Crippen LogP contribution in [0.2, 0.25) is 0 Å². The summed E-state index contributed by atoms with van der Waals surface area (Å²) in [5, 5.41) is 6.22. The number of thioether (sulfide) groups is 1. The standard InChI is InChI=1S/C13H28N2OS/c1-7-13(8-2,17-6)10-14-9-11(16)15-12(3,4)5/h14H,7-10H2,1-6H3,(H,15,16). The molecule has 0 spiro atoms. The summed E-state index contributed by atoms with van der Waals surface area (Å²) in [5.74, 6) is 0.0692. The van der Waals surface area contributed by atoms with Gasteiger partial charge < -0.3 is 10.6 Å². The summed E-state index contributed by atoms with van der Waals surface area (Å²) in [4.78, 5) is 11.6. The van der Waals surface area contributed by atoms with Crippen molar-refractivity contribution in [3.05, 3.63) is 0 Å². The lowest BCUT2D eigenvalue weighted by Gasteiger charge is -2.30. The zero-order valence-corrected chi connectivity index (χ0v) is 13.0. The van der Waals surface area contributed by atoms with E-state index in [0.717, 1.165) is 19.4 Å². The molecule has 0 aromatic rings. The Balaban J connectivity index is 4.01. The van der Waals surface area contributed by atoms with Crippen LogP contribution in [0.5, 0.6) is 0 Å². The Morgan fingerprint density at radius 1 is 1.18 bits per heavy atom. The van der Waals surface area contributed by atoms with E-state index in [1.165, 1.54) is 0 Å². The molecule has 0 aliphatic carbocycles. The van der Waals surface area contributed by atoms with Crippen LogP contribution in [-0.2, 0) is 4.79 Å². The van der Waals surface area contributed by atoms with Gasteiger partial charge in [-0.25, -0.2) is 0 Å². The van der Waals surface area contributed by atoms with Gasteiger partial charge in [0.25, 0.3) is 0 Å². The molecular weight excluding hydrogens is 232 g/mol. The van der Waals surface area contributed by atoms with Crippen LogP contribution in [-0.4, -0.2) is 35.5 Å². The van der Waals surface area contributed by atoms with E-state index in [1.807, 2.05) is 32.5 Å². The summed E-state index contributed by atoms with van der Waals surface area (Å²) in [6.07, 6.45) is 4.39. The fraction of sp³-hybridized carbons (Fsp3) is 0.923. The first kappa shape index (κ1) is 16.8. The molecule has 17 heavy (non-hydrogen) atoms. The molecule has 0 aliphatic heterocycles. The third-order valence-corrected chi connectivity index (χ3v) is 4.56. The number of hydrogen-bond acceptors (Lipinski definition) is 3. The van der Waals surface area contributed by atoms with Gasteiger partial charge in [0.15, 0.2) is 0 Å². The van der Waals surface area contributed by atoms with Gasteiger partial charge in [-0.05, 0) is 39.9 Å². The fourth-order valence-corrected chi connectivity index (χ4v) is 2.55. The molecule has 0 fully saturated rings. The van der Waals surface area contributed by atoms with Crippen LogP contribution in [0.1, 0.15) is 47.5 Å². The molecule has 0 bridgehead atoms. The molecule has 0 heterocycles. The highest BCUT2D eigenvalue weighted by atomic mass is 32.2. The Morgan fingerprint density at radius 3 is 2.06 bits per heavy atom. The van der Waals surface area contributed by atoms with Gasteiger partial charge in [0.05, 0.1) is 6.54 Å². The monoisotopic (exact) mass is 260 g/mol. The van der Waals surface area contributed by atoms with Crippen molar-refractivity contribution in [2.45, 2.75) is 57.7 Å². The first-order chi connectivity index (χ1) is 7.78. The van der Waals surface area contributed by atoms with Gasteiger partial charge in [-0.3, -0.25) is 4.79 Å². The number of rotatable bonds is 7. The zero-order chi connectivity index (χ0) is 13.5. The number of nitrogens with one attached hydrogen (secondary N) is 2. The maximum atomic E-state index is 11.6. The molecule has 0 unspecified atom stereocenters. The molecule has 0 aromatic carbocycles. The lowest BCUT2D eigenvalue weighted by Crippen LogP contribution is -2.47. The maximum absolute atomic E-state index is 11.6. The second-order valence-electron chi connectivity index (χ2n) is 5.50. The lowest BCUT2D eigenvalue weighted by molar-refractivity contribution is -0.121. The minimum absolute atomic E-state index is 0.0692. The molecule has 0 saturated heterocycles. The van der Waals surface area contributed by atoms with Crippen LogP contribution in [0.25, 0.3) is 0 Å². The molecule has 3 nitrogen and oxygen atoms in total. The summed E-state index contributed by atoms with van der Waals surface area (Å²) < 4.78 is 0.266. The second-order valence-corrected chi connectivity index (χ2v) is 6.77. The Hall–Kier alpha value is -0.220. The van der Waals surface area contributed by atoms with Crippen LogP contribution < -0.4 is 10.6 Å². The highest BCUT2D eigenvalue weighted by Gasteiger charge is 2.24. The van der Waals surface area contributed by atoms with E-state index >= 15 is 0 Å². The number of hydrogen-bond donors (Lipinski definition) is 2. The van der Waals surface area contributed by atoms with Crippen molar-refractivity contribution in [2.24, 2.45) is 0 Å². The summed E-state index contributed by atoms with van der Waals surface area (Å²) in [7, 11) is 0. The molecule has 102 valence electrons. The minimum Gasteiger partial charge on any atom is -0.350 e. The van der Waals surface area contributed by atoms with Gasteiger partial charge >= 0.3 is 0 Å². The highest BCUT2D eigenvalue weighted by molar-refractivity contribution is 8.00. The van der Waals surface area contributed by atoms with E-state index in [9.17, 15) is 4.79 Å². The van der Waals surface area contributed by atoms with E-state index in [1.54, 1.807) is 0 Å². The van der Waals surface area contributed by atoms with Gasteiger partial charge in [-0.2, -0.15) is 11.8 Å². The molecule has 0 atom stereocenters. The SMILES string of the molecule is CCC(CC)(CNCC(=O)NC(C)(C)C)SC. The average molecular weight is 260 g/mol. The quantitative estimate of drug-likeness (QED) is 0.738. The van der Waals surface area contributed by atoms with Crippen LogP contribution in [0.3, 0.4) is 0 Å². The predicted molar refractivity (Wildman–Crippen MR) is 77.6 cm³/mol. The summed E-state index contributed by atoms with van der Waals surface area (Å²) in [5.41, 5.74) is -0.148. The third kappa shape index (κ3) is 6.94. The molecule has 2 N–H and O–H groups in total. The zero-order valence-electron chi connectivity index (χ0n) is 12.1. The minimum atomic E-state index is -0.148. The van der Waals surface area contributed by atoms with Crippen molar-refractivity contribution < 1.29 is 4.79 Å². The van der Waals surface area contributed by atoms with Gasteiger partial charge in [0.1, 0.15) is 0 Å². The molecule has 4 heteroatoms. The number of amides is 1. The second kappa shape index (κ2) is 7.27. The predicted octanol–water partition coefficient (Wildman–Crippen LogP) is 2.41. The molecule has 1 amide bonds. The third-order valence-electron chi connectivity index (χ3n) is 2.97. The van der Waals surface area contributed by atoms with E-state index in [2.05, 4.69) is 30.7 Å². The topological polar surface area (TPSA) is 41.1 Å². The molecule has 0 saturated carbocycles. The van der Waals surface area contributed by atoms with Gasteiger partial charge in [0, 0.05) is 16.8 Å². The maximum Gasteiger partial charge on any atom is 0.234 e. The van der Waals surface area contributed by atoms with Crippen LogP contribution >= 0.6 is 11.8 Å². The molecule has 0 aromatic heterocycles. The summed E-state index contributed by atoms with van der Waals surface area (Å²) >= 11 is 1.89. The molecule has 0 aliphatic rings. The van der Waals surface area contributed by atoms with Crippen molar-refractivity contribution in [3.63, 3.8) is 0 Å². The van der Waals surface area contributed by atoms with Crippen molar-refractivity contribution in [1.82, 2.24) is 10.6 Å². The van der Waals surface area contributed by atoms with E-state index in [0.29, 0.717) is 6.54 Å². The smallest absolute Gasteiger partial charge is 0.234 e. The van der Waals surface area contributed by atoms with Gasteiger partial charge in [-0.15, -0.1) is 0 Å². The largest absolute Gasteiger partial charge is 0.350 e. The number of carbonyl (C=O) groups is 1. The van der Waals surface area contributed by atoms with Crippen LogP contribution in [0.15, 0.2) is 0 Å². The van der Waals surface area contributed by atoms with Crippen LogP contribution in [0.4, 0.5) is 0 Å².